The molecule has 0 aliphatic heterocycles. The quantitative estimate of drug-likeness (QED) is 0.659. The van der Waals surface area contributed by atoms with E-state index in [0.29, 0.717) is 17.5 Å². The summed E-state index contributed by atoms with van der Waals surface area (Å²) in [7, 11) is 6.70. The molecule has 6 nitrogen and oxygen atoms in total. The highest BCUT2D eigenvalue weighted by Crippen LogP contribution is 2.30. The van der Waals surface area contributed by atoms with Gasteiger partial charge in [-0.1, -0.05) is 11.6 Å². The van der Waals surface area contributed by atoms with Crippen LogP contribution in [0.25, 0.3) is 0 Å². The van der Waals surface area contributed by atoms with Crippen LogP contribution < -0.4 is 5.32 Å². The number of hydrogen-bond acceptors (Lipinski definition) is 2. The first-order valence-electron chi connectivity index (χ1n) is 7.44. The van der Waals surface area contributed by atoms with Crippen molar-refractivity contribution in [3.63, 3.8) is 0 Å². The second-order valence-electron chi connectivity index (χ2n) is 5.69. The van der Waals surface area contributed by atoms with Crippen LogP contribution in [0.1, 0.15) is 17.0 Å². The largest absolute Gasteiger partial charge is 0.435 e. The molecular formula is C15H20ClF3N6. The third-order valence-electron chi connectivity index (χ3n) is 3.66. The molecule has 0 aromatic carbocycles. The Morgan fingerprint density at radius 1 is 1.36 bits per heavy atom. The number of nitrogens with one attached hydrogen (secondary N) is 1. The number of aromatic nitrogens is 3. The fraction of sp³-hybridized carbons (Fsp3) is 0.467. The zero-order valence-corrected chi connectivity index (χ0v) is 15.2. The maximum absolute atomic E-state index is 13.0. The maximum atomic E-state index is 13.0. The monoisotopic (exact) mass is 376 g/mol. The number of alkyl halides is 3. The van der Waals surface area contributed by atoms with Crippen LogP contribution in [0.4, 0.5) is 13.2 Å². The highest BCUT2D eigenvalue weighted by Gasteiger charge is 2.36. The van der Waals surface area contributed by atoms with Crippen LogP contribution in [0.5, 0.6) is 0 Å². The van der Waals surface area contributed by atoms with Gasteiger partial charge in [0.25, 0.3) is 0 Å². The fourth-order valence-corrected chi connectivity index (χ4v) is 2.78. The molecule has 2 rings (SSSR count). The van der Waals surface area contributed by atoms with Crippen molar-refractivity contribution in [3.8, 4) is 0 Å². The Morgan fingerprint density at radius 2 is 2.04 bits per heavy atom. The van der Waals surface area contributed by atoms with Gasteiger partial charge in [-0.2, -0.15) is 18.3 Å². The third kappa shape index (κ3) is 4.68. The summed E-state index contributed by atoms with van der Waals surface area (Å²) < 4.78 is 42.0. The Bertz CT molecular complexity index is 762. The first-order chi connectivity index (χ1) is 11.6. The minimum absolute atomic E-state index is 0.0341. The lowest BCUT2D eigenvalue weighted by Crippen LogP contribution is -2.38. The Balaban J connectivity index is 2.07. The van der Waals surface area contributed by atoms with Crippen LogP contribution >= 0.6 is 11.6 Å². The number of hydrogen-bond donors (Lipinski definition) is 1. The maximum Gasteiger partial charge on any atom is 0.435 e. The van der Waals surface area contributed by atoms with Gasteiger partial charge in [0.2, 0.25) is 0 Å². The van der Waals surface area contributed by atoms with Crippen molar-refractivity contribution in [1.82, 2.24) is 24.6 Å². The van der Waals surface area contributed by atoms with Gasteiger partial charge in [0.05, 0.1) is 11.6 Å². The van der Waals surface area contributed by atoms with Crippen molar-refractivity contribution < 1.29 is 13.2 Å². The molecule has 0 radical (unpaired) electrons. The van der Waals surface area contributed by atoms with Gasteiger partial charge in [-0.3, -0.25) is 9.67 Å². The van der Waals surface area contributed by atoms with E-state index in [1.54, 1.807) is 25.2 Å². The van der Waals surface area contributed by atoms with Crippen LogP contribution in [0, 0.1) is 0 Å². The van der Waals surface area contributed by atoms with Gasteiger partial charge in [-0.05, 0) is 6.07 Å². The molecular weight excluding hydrogens is 357 g/mol. The van der Waals surface area contributed by atoms with Crippen LogP contribution in [0.3, 0.4) is 0 Å². The lowest BCUT2D eigenvalue weighted by molar-refractivity contribution is -0.142. The average molecular weight is 377 g/mol. The van der Waals surface area contributed by atoms with E-state index < -0.39 is 11.9 Å². The summed E-state index contributed by atoms with van der Waals surface area (Å²) in [4.78, 5) is 5.92. The van der Waals surface area contributed by atoms with Gasteiger partial charge in [-0.15, -0.1) is 0 Å². The van der Waals surface area contributed by atoms with E-state index in [-0.39, 0.29) is 12.1 Å². The molecule has 0 spiro atoms. The molecule has 0 amide bonds. The van der Waals surface area contributed by atoms with E-state index >= 15 is 0 Å². The van der Waals surface area contributed by atoms with E-state index in [1.807, 2.05) is 17.7 Å². The topological polar surface area (TPSA) is 50.4 Å². The molecule has 0 saturated heterocycles. The van der Waals surface area contributed by atoms with Crippen LogP contribution in [0.2, 0.25) is 5.02 Å². The Labute approximate surface area is 148 Å². The number of nitrogens with zero attached hydrogens (tertiary/aromatic N) is 5. The number of aliphatic imine (C=N–C) groups is 1. The smallest absolute Gasteiger partial charge is 0.352 e. The van der Waals surface area contributed by atoms with Gasteiger partial charge in [0.15, 0.2) is 11.7 Å². The van der Waals surface area contributed by atoms with Gasteiger partial charge in [-0.25, -0.2) is 0 Å². The molecule has 0 saturated carbocycles. The van der Waals surface area contributed by atoms with Crippen molar-refractivity contribution in [2.75, 3.05) is 14.1 Å². The molecule has 2 heterocycles. The van der Waals surface area contributed by atoms with Gasteiger partial charge in [0, 0.05) is 58.4 Å². The summed E-state index contributed by atoms with van der Waals surface area (Å²) in [6.45, 7) is 0.468. The summed E-state index contributed by atoms with van der Waals surface area (Å²) in [5.41, 5.74) is 0.120. The summed E-state index contributed by atoms with van der Waals surface area (Å²) in [5, 5.41) is 7.06. The van der Waals surface area contributed by atoms with Gasteiger partial charge < -0.3 is 14.8 Å². The number of halogens is 4. The van der Waals surface area contributed by atoms with Crippen LogP contribution in [-0.2, 0) is 33.4 Å². The molecule has 2 aromatic heterocycles. The first-order valence-corrected chi connectivity index (χ1v) is 7.82. The number of rotatable bonds is 4. The summed E-state index contributed by atoms with van der Waals surface area (Å²) >= 11 is 5.97. The lowest BCUT2D eigenvalue weighted by atomic mass is 10.2. The zero-order valence-electron chi connectivity index (χ0n) is 14.4. The summed E-state index contributed by atoms with van der Waals surface area (Å²) in [6.07, 6.45) is -1.36. The fourth-order valence-electron chi connectivity index (χ4n) is 2.51. The van der Waals surface area contributed by atoms with Crippen LogP contribution in [0.15, 0.2) is 23.5 Å². The Hall–Kier alpha value is -2.16. The second kappa shape index (κ2) is 7.38. The normalized spacial score (nSPS) is 12.6. The summed E-state index contributed by atoms with van der Waals surface area (Å²) in [5.74, 6) is 0.467. The van der Waals surface area contributed by atoms with E-state index in [2.05, 4.69) is 15.4 Å². The minimum Gasteiger partial charge on any atom is -0.352 e. The van der Waals surface area contributed by atoms with Crippen LogP contribution in [-0.4, -0.2) is 39.3 Å². The Morgan fingerprint density at radius 3 is 2.56 bits per heavy atom. The number of guanidine groups is 1. The highest BCUT2D eigenvalue weighted by molar-refractivity contribution is 6.30. The molecule has 0 aliphatic carbocycles. The number of aryl methyl sites for hydroxylation is 2. The predicted molar refractivity (Wildman–Crippen MR) is 90.3 cm³/mol. The molecule has 0 aliphatic rings. The minimum atomic E-state index is -4.49. The molecule has 0 atom stereocenters. The molecule has 138 valence electrons. The van der Waals surface area contributed by atoms with Crippen molar-refractivity contribution in [2.24, 2.45) is 19.1 Å². The van der Waals surface area contributed by atoms with Crippen molar-refractivity contribution in [3.05, 3.63) is 40.4 Å². The van der Waals surface area contributed by atoms with E-state index in [1.165, 1.54) is 13.2 Å². The van der Waals surface area contributed by atoms with E-state index in [4.69, 9.17) is 11.6 Å². The molecule has 1 N–H and O–H groups in total. The van der Waals surface area contributed by atoms with Crippen molar-refractivity contribution >= 4 is 17.6 Å². The van der Waals surface area contributed by atoms with E-state index in [0.717, 1.165) is 10.4 Å². The van der Waals surface area contributed by atoms with Crippen molar-refractivity contribution in [2.45, 2.75) is 19.3 Å². The van der Waals surface area contributed by atoms with E-state index in [9.17, 15) is 13.2 Å². The third-order valence-corrected chi connectivity index (χ3v) is 3.86. The van der Waals surface area contributed by atoms with Gasteiger partial charge in [0.1, 0.15) is 0 Å². The predicted octanol–water partition coefficient (Wildman–Crippen LogP) is 2.64. The second-order valence-corrected chi connectivity index (χ2v) is 6.13. The Kier molecular flexibility index (Phi) is 5.66. The molecule has 0 fully saturated rings. The zero-order chi connectivity index (χ0) is 18.8. The summed E-state index contributed by atoms with van der Waals surface area (Å²) in [6, 6.07) is 1.83. The van der Waals surface area contributed by atoms with Gasteiger partial charge >= 0.3 is 6.18 Å². The molecule has 0 bridgehead atoms. The standard InChI is InChI=1S/C15H20ClF3N6/c1-20-14(24(3)9-12-5-11(16)8-23(12)2)21-6-10-7-25(4)22-13(10)15(17,18)19/h5,7-8H,6,9H2,1-4H3,(H,20,21). The SMILES string of the molecule is CN=C(NCc1cn(C)nc1C(F)(F)F)N(C)Cc1cc(Cl)cn1C. The molecule has 2 aromatic rings. The molecule has 10 heteroatoms. The average Bonchev–Trinajstić information content (AvgIpc) is 3.02. The highest BCUT2D eigenvalue weighted by atomic mass is 35.5. The lowest BCUT2D eigenvalue weighted by Gasteiger charge is -2.22. The first kappa shape index (κ1) is 19.2. The van der Waals surface area contributed by atoms with Crippen molar-refractivity contribution in [1.29, 1.82) is 0 Å². The molecule has 0 unspecified atom stereocenters. The molecule has 25 heavy (non-hydrogen) atoms.